The van der Waals surface area contributed by atoms with Crippen molar-refractivity contribution in [1.29, 1.82) is 0 Å². The molecular formula is C25H39N3O4. The maximum atomic E-state index is 13.3. The van der Waals surface area contributed by atoms with Crippen LogP contribution in [0.4, 0.5) is 0 Å². The molecule has 1 aromatic carbocycles. The molecule has 0 bridgehead atoms. The molecule has 7 heteroatoms. The summed E-state index contributed by atoms with van der Waals surface area (Å²) in [5, 5.41) is 0. The van der Waals surface area contributed by atoms with Crippen LogP contribution in [-0.4, -0.2) is 61.0 Å². The Labute approximate surface area is 192 Å². The normalized spacial score (nSPS) is 22.4. The van der Waals surface area contributed by atoms with Crippen molar-refractivity contribution < 1.29 is 19.1 Å². The van der Waals surface area contributed by atoms with Crippen LogP contribution in [0.5, 0.6) is 11.5 Å². The summed E-state index contributed by atoms with van der Waals surface area (Å²) in [4.78, 5) is 27.1. The summed E-state index contributed by atoms with van der Waals surface area (Å²) in [5.41, 5.74) is 5.59. The van der Waals surface area contributed by atoms with Gasteiger partial charge in [0.1, 0.15) is 11.5 Å². The van der Waals surface area contributed by atoms with Gasteiger partial charge in [0.25, 0.3) is 0 Å². The third-order valence-electron chi connectivity index (χ3n) is 6.83. The van der Waals surface area contributed by atoms with Gasteiger partial charge in [-0.25, -0.2) is 0 Å². The molecule has 2 atom stereocenters. The van der Waals surface area contributed by atoms with Crippen LogP contribution in [0, 0.1) is 5.92 Å². The molecule has 2 amide bonds. The van der Waals surface area contributed by atoms with Gasteiger partial charge >= 0.3 is 0 Å². The fourth-order valence-corrected chi connectivity index (χ4v) is 5.15. The standard InChI is InChI=1S/C23H34N2O3.C2H5NO/c1-27-20-12-9-18(22(14-20)28-2)15-24(19-10-11-19)16-23(26)25-13-5-7-17-6-3-4-8-21(17)25;1-2(3)4/h9,12,14,17,19,21H,3-8,10-11,13,15-16H2,1-2H3;1H3,(H2,3,4). The molecule has 2 aliphatic carbocycles. The summed E-state index contributed by atoms with van der Waals surface area (Å²) < 4.78 is 10.9. The van der Waals surface area contributed by atoms with Crippen LogP contribution in [0.25, 0.3) is 0 Å². The third kappa shape index (κ3) is 6.61. The fourth-order valence-electron chi connectivity index (χ4n) is 5.15. The summed E-state index contributed by atoms with van der Waals surface area (Å²) >= 11 is 0. The van der Waals surface area contributed by atoms with E-state index < -0.39 is 0 Å². The molecule has 0 aromatic heterocycles. The molecule has 1 saturated heterocycles. The van der Waals surface area contributed by atoms with Crippen LogP contribution in [0.2, 0.25) is 0 Å². The van der Waals surface area contributed by atoms with E-state index in [0.717, 1.165) is 36.1 Å². The van der Waals surface area contributed by atoms with Crippen molar-refractivity contribution in [3.63, 3.8) is 0 Å². The van der Waals surface area contributed by atoms with Crippen molar-refractivity contribution in [3.05, 3.63) is 23.8 Å². The molecule has 3 aliphatic rings. The number of benzene rings is 1. The van der Waals surface area contributed by atoms with Crippen LogP contribution < -0.4 is 15.2 Å². The topological polar surface area (TPSA) is 85.1 Å². The lowest BCUT2D eigenvalue weighted by atomic mass is 9.78. The minimum absolute atomic E-state index is 0.330. The lowest BCUT2D eigenvalue weighted by Gasteiger charge is -2.44. The van der Waals surface area contributed by atoms with Crippen LogP contribution in [0.15, 0.2) is 18.2 Å². The number of hydrogen-bond acceptors (Lipinski definition) is 5. The highest BCUT2D eigenvalue weighted by atomic mass is 16.5. The number of nitrogens with two attached hydrogens (primary N) is 1. The number of amides is 2. The Morgan fingerprint density at radius 1 is 1.06 bits per heavy atom. The van der Waals surface area contributed by atoms with Gasteiger partial charge in [-0.3, -0.25) is 14.5 Å². The van der Waals surface area contributed by atoms with Crippen molar-refractivity contribution >= 4 is 11.8 Å². The van der Waals surface area contributed by atoms with Gasteiger partial charge in [-0.1, -0.05) is 18.9 Å². The molecule has 1 heterocycles. The molecule has 178 valence electrons. The first-order valence-corrected chi connectivity index (χ1v) is 11.9. The molecule has 1 aliphatic heterocycles. The largest absolute Gasteiger partial charge is 0.497 e. The van der Waals surface area contributed by atoms with Gasteiger partial charge in [-0.15, -0.1) is 0 Å². The van der Waals surface area contributed by atoms with Crippen molar-refractivity contribution in [3.8, 4) is 11.5 Å². The maximum Gasteiger partial charge on any atom is 0.237 e. The second-order valence-electron chi connectivity index (χ2n) is 9.27. The summed E-state index contributed by atoms with van der Waals surface area (Å²) in [6, 6.07) is 6.99. The molecule has 2 saturated carbocycles. The molecule has 4 rings (SSSR count). The van der Waals surface area contributed by atoms with Crippen molar-refractivity contribution in [2.75, 3.05) is 27.3 Å². The zero-order valence-electron chi connectivity index (χ0n) is 19.8. The predicted octanol–water partition coefficient (Wildman–Crippen LogP) is 3.34. The predicted molar refractivity (Wildman–Crippen MR) is 125 cm³/mol. The number of likely N-dealkylation sites (tertiary alicyclic amines) is 1. The molecule has 2 unspecified atom stereocenters. The number of carbonyl (C=O) groups is 2. The van der Waals surface area contributed by atoms with E-state index >= 15 is 0 Å². The smallest absolute Gasteiger partial charge is 0.237 e. The van der Waals surface area contributed by atoms with Gasteiger partial charge in [-0.05, 0) is 50.5 Å². The first-order valence-electron chi connectivity index (χ1n) is 11.9. The van der Waals surface area contributed by atoms with Crippen LogP contribution >= 0.6 is 0 Å². The number of ether oxygens (including phenoxy) is 2. The Morgan fingerprint density at radius 3 is 2.41 bits per heavy atom. The number of piperidine rings is 1. The zero-order chi connectivity index (χ0) is 23.1. The highest BCUT2D eigenvalue weighted by Gasteiger charge is 2.38. The highest BCUT2D eigenvalue weighted by molar-refractivity contribution is 5.79. The van der Waals surface area contributed by atoms with E-state index in [4.69, 9.17) is 9.47 Å². The average Bonchev–Trinajstić information content (AvgIpc) is 3.63. The first kappa shape index (κ1) is 24.4. The Bertz CT molecular complexity index is 774. The second kappa shape index (κ2) is 11.5. The molecule has 7 nitrogen and oxygen atoms in total. The van der Waals surface area contributed by atoms with Crippen LogP contribution in [0.3, 0.4) is 0 Å². The third-order valence-corrected chi connectivity index (χ3v) is 6.83. The minimum atomic E-state index is -0.333. The lowest BCUT2D eigenvalue weighted by Crippen LogP contribution is -2.52. The number of fused-ring (bicyclic) bond motifs is 1. The van der Waals surface area contributed by atoms with E-state index in [2.05, 4.69) is 21.6 Å². The molecule has 2 N–H and O–H groups in total. The summed E-state index contributed by atoms with van der Waals surface area (Å²) in [5.74, 6) is 2.37. The molecular weight excluding hydrogens is 406 g/mol. The SMILES string of the molecule is CC(N)=O.COc1ccc(CN(CC(=O)N2CCCC3CCCCC32)C2CC2)c(OC)c1. The Hall–Kier alpha value is -2.28. The summed E-state index contributed by atoms with van der Waals surface area (Å²) in [6.45, 7) is 3.54. The minimum Gasteiger partial charge on any atom is -0.497 e. The number of hydrogen-bond donors (Lipinski definition) is 1. The number of carbonyl (C=O) groups excluding carboxylic acids is 2. The van der Waals surface area contributed by atoms with Crippen molar-refractivity contribution in [2.24, 2.45) is 11.7 Å². The lowest BCUT2D eigenvalue weighted by molar-refractivity contribution is -0.139. The zero-order valence-corrected chi connectivity index (χ0v) is 19.8. The molecule has 1 aromatic rings. The summed E-state index contributed by atoms with van der Waals surface area (Å²) in [6.07, 6.45) is 9.99. The quantitative estimate of drug-likeness (QED) is 0.696. The maximum absolute atomic E-state index is 13.3. The van der Waals surface area contributed by atoms with Gasteiger partial charge in [-0.2, -0.15) is 0 Å². The molecule has 3 fully saturated rings. The van der Waals surface area contributed by atoms with E-state index in [1.807, 2.05) is 12.1 Å². The van der Waals surface area contributed by atoms with Gasteiger partial charge in [0, 0.05) is 43.7 Å². The van der Waals surface area contributed by atoms with E-state index in [0.29, 0.717) is 24.5 Å². The number of rotatable bonds is 7. The Morgan fingerprint density at radius 2 is 1.75 bits per heavy atom. The first-order chi connectivity index (χ1) is 15.4. The second-order valence-corrected chi connectivity index (χ2v) is 9.27. The Balaban J connectivity index is 0.000000668. The molecule has 0 spiro atoms. The molecule has 32 heavy (non-hydrogen) atoms. The number of nitrogens with zero attached hydrogens (tertiary/aromatic N) is 2. The fraction of sp³-hybridized carbons (Fsp3) is 0.680. The number of methoxy groups -OCH3 is 2. The van der Waals surface area contributed by atoms with E-state index in [-0.39, 0.29) is 5.91 Å². The van der Waals surface area contributed by atoms with Gasteiger partial charge in [0.05, 0.1) is 20.8 Å². The van der Waals surface area contributed by atoms with Gasteiger partial charge < -0.3 is 20.1 Å². The van der Waals surface area contributed by atoms with Crippen molar-refractivity contribution in [1.82, 2.24) is 9.80 Å². The van der Waals surface area contributed by atoms with Gasteiger partial charge in [0.2, 0.25) is 11.8 Å². The van der Waals surface area contributed by atoms with Crippen LogP contribution in [-0.2, 0) is 16.1 Å². The average molecular weight is 446 g/mol. The number of primary amides is 1. The Kier molecular flexibility index (Phi) is 8.79. The summed E-state index contributed by atoms with van der Waals surface area (Å²) in [7, 11) is 3.36. The van der Waals surface area contributed by atoms with Crippen molar-refractivity contribution in [2.45, 2.75) is 76.9 Å². The highest BCUT2D eigenvalue weighted by Crippen LogP contribution is 2.36. The monoisotopic (exact) mass is 445 g/mol. The van der Waals surface area contributed by atoms with E-state index in [1.165, 1.54) is 58.3 Å². The molecule has 0 radical (unpaired) electrons. The van der Waals surface area contributed by atoms with E-state index in [9.17, 15) is 9.59 Å². The van der Waals surface area contributed by atoms with Crippen LogP contribution in [0.1, 0.15) is 63.9 Å². The van der Waals surface area contributed by atoms with E-state index in [1.54, 1.807) is 14.2 Å². The van der Waals surface area contributed by atoms with Gasteiger partial charge in [0.15, 0.2) is 0 Å².